The van der Waals surface area contributed by atoms with Gasteiger partial charge in [-0.2, -0.15) is 0 Å². The molecule has 2 aromatic carbocycles. The van der Waals surface area contributed by atoms with Gasteiger partial charge < -0.3 is 14.6 Å². The lowest BCUT2D eigenvalue weighted by molar-refractivity contribution is 0.0704. The number of imidazole rings is 1. The van der Waals surface area contributed by atoms with Crippen LogP contribution in [-0.4, -0.2) is 67.8 Å². The van der Waals surface area contributed by atoms with Crippen LogP contribution < -0.4 is 4.74 Å². The maximum absolute atomic E-state index is 13.2. The number of likely N-dealkylation sites (tertiary alicyclic amines) is 1. The largest absolute Gasteiger partial charge is 0.495 e. The van der Waals surface area contributed by atoms with Gasteiger partial charge in [-0.15, -0.1) is 0 Å². The van der Waals surface area contributed by atoms with Crippen LogP contribution in [0.5, 0.6) is 5.75 Å². The zero-order chi connectivity index (χ0) is 22.2. The molecule has 1 aliphatic heterocycles. The van der Waals surface area contributed by atoms with Crippen molar-refractivity contribution in [3.8, 4) is 5.75 Å². The van der Waals surface area contributed by atoms with Gasteiger partial charge >= 0.3 is 0 Å². The van der Waals surface area contributed by atoms with Crippen LogP contribution in [0.4, 0.5) is 0 Å². The van der Waals surface area contributed by atoms with Gasteiger partial charge in [0.1, 0.15) is 16.5 Å². The summed E-state index contributed by atoms with van der Waals surface area (Å²) in [5.74, 6) is 1.00. The molecule has 164 valence electrons. The molecule has 1 atom stereocenters. The maximum atomic E-state index is 13.2. The minimum Gasteiger partial charge on any atom is -0.495 e. The van der Waals surface area contributed by atoms with E-state index < -0.39 is 10.0 Å². The lowest BCUT2D eigenvalue weighted by atomic mass is 9.96. The molecule has 2 heterocycles. The number of ether oxygens (including phenoxy) is 1. The minimum absolute atomic E-state index is 0.0170. The predicted molar refractivity (Wildman–Crippen MR) is 118 cm³/mol. The van der Waals surface area contributed by atoms with Crippen molar-refractivity contribution in [1.82, 2.24) is 19.2 Å². The number of nitrogens with one attached hydrogen (secondary N) is 1. The zero-order valence-electron chi connectivity index (χ0n) is 17.8. The molecule has 0 unspecified atom stereocenters. The monoisotopic (exact) mass is 442 g/mol. The van der Waals surface area contributed by atoms with Crippen LogP contribution in [0.3, 0.4) is 0 Å². The second-order valence-corrected chi connectivity index (χ2v) is 10.0. The number of amides is 1. The SMILES string of the molecule is COc1ccc(C(=O)N2CCC[C@H](c3nc4ccccc4[nH]3)C2)cc1S(=O)(=O)N(C)C. The van der Waals surface area contributed by atoms with Crippen molar-refractivity contribution in [3.05, 3.63) is 53.9 Å². The summed E-state index contributed by atoms with van der Waals surface area (Å²) in [5.41, 5.74) is 2.22. The smallest absolute Gasteiger partial charge is 0.253 e. The summed E-state index contributed by atoms with van der Waals surface area (Å²) in [4.78, 5) is 23.1. The molecule has 1 amide bonds. The maximum Gasteiger partial charge on any atom is 0.253 e. The van der Waals surface area contributed by atoms with E-state index in [2.05, 4.69) is 4.98 Å². The molecule has 1 aliphatic rings. The van der Waals surface area contributed by atoms with Gasteiger partial charge in [0.15, 0.2) is 0 Å². The van der Waals surface area contributed by atoms with E-state index in [9.17, 15) is 13.2 Å². The van der Waals surface area contributed by atoms with Crippen LogP contribution in [0.1, 0.15) is 34.9 Å². The Labute approximate surface area is 181 Å². The fraction of sp³-hybridized carbons (Fsp3) is 0.364. The van der Waals surface area contributed by atoms with E-state index in [1.54, 1.807) is 11.0 Å². The van der Waals surface area contributed by atoms with Crippen LogP contribution >= 0.6 is 0 Å². The number of sulfonamides is 1. The Morgan fingerprint density at radius 1 is 1.23 bits per heavy atom. The van der Waals surface area contributed by atoms with Crippen molar-refractivity contribution in [1.29, 1.82) is 0 Å². The minimum atomic E-state index is -3.75. The molecular weight excluding hydrogens is 416 g/mol. The number of H-pyrrole nitrogens is 1. The molecule has 9 heteroatoms. The lowest BCUT2D eigenvalue weighted by Crippen LogP contribution is -2.39. The second kappa shape index (κ2) is 8.32. The molecular formula is C22H26N4O4S. The number of hydrogen-bond acceptors (Lipinski definition) is 5. The quantitative estimate of drug-likeness (QED) is 0.656. The summed E-state index contributed by atoms with van der Waals surface area (Å²) < 4.78 is 31.7. The van der Waals surface area contributed by atoms with Crippen LogP contribution in [0, 0.1) is 0 Å². The number of methoxy groups -OCH3 is 1. The van der Waals surface area contributed by atoms with Crippen LogP contribution in [0.25, 0.3) is 11.0 Å². The Balaban J connectivity index is 1.60. The van der Waals surface area contributed by atoms with Gasteiger partial charge in [0.05, 0.1) is 18.1 Å². The van der Waals surface area contributed by atoms with E-state index in [4.69, 9.17) is 9.72 Å². The number of hydrogen-bond donors (Lipinski definition) is 1. The predicted octanol–water partition coefficient (Wildman–Crippen LogP) is 2.84. The third-order valence-corrected chi connectivity index (χ3v) is 7.51. The summed E-state index contributed by atoms with van der Waals surface area (Å²) in [6.07, 6.45) is 1.79. The van der Waals surface area contributed by atoms with Gasteiger partial charge in [-0.3, -0.25) is 4.79 Å². The third kappa shape index (κ3) is 4.03. The van der Waals surface area contributed by atoms with E-state index in [-0.39, 0.29) is 22.5 Å². The molecule has 0 bridgehead atoms. The van der Waals surface area contributed by atoms with Gasteiger partial charge in [0.25, 0.3) is 5.91 Å². The standard InChI is InChI=1S/C22H26N4O4S/c1-25(2)31(28,29)20-13-15(10-11-19(20)30-3)22(27)26-12-6-7-16(14-26)21-23-17-8-4-5-9-18(17)24-21/h4-5,8-11,13,16H,6-7,12,14H2,1-3H3,(H,23,24)/t16-/m0/s1. The van der Waals surface area contributed by atoms with Gasteiger partial charge in [0, 0.05) is 38.7 Å². The molecule has 0 aliphatic carbocycles. The number of aromatic nitrogens is 2. The first kappa shape index (κ1) is 21.3. The molecule has 0 radical (unpaired) electrons. The van der Waals surface area contributed by atoms with Gasteiger partial charge in [-0.25, -0.2) is 17.7 Å². The van der Waals surface area contributed by atoms with Crippen molar-refractivity contribution in [2.24, 2.45) is 0 Å². The Hall–Kier alpha value is -2.91. The topological polar surface area (TPSA) is 95.6 Å². The highest BCUT2D eigenvalue weighted by Crippen LogP contribution is 2.30. The Morgan fingerprint density at radius 3 is 2.71 bits per heavy atom. The van der Waals surface area contributed by atoms with Crippen molar-refractivity contribution >= 4 is 27.0 Å². The van der Waals surface area contributed by atoms with Crippen molar-refractivity contribution in [3.63, 3.8) is 0 Å². The summed E-state index contributed by atoms with van der Waals surface area (Å²) in [7, 11) is 0.559. The van der Waals surface area contributed by atoms with Crippen LogP contribution in [0.2, 0.25) is 0 Å². The van der Waals surface area contributed by atoms with E-state index in [1.165, 1.54) is 33.3 Å². The molecule has 1 N–H and O–H groups in total. The number of rotatable bonds is 5. The highest BCUT2D eigenvalue weighted by Gasteiger charge is 2.29. The zero-order valence-corrected chi connectivity index (χ0v) is 18.6. The molecule has 1 aromatic heterocycles. The number of carbonyl (C=O) groups is 1. The molecule has 4 rings (SSSR count). The Bertz CT molecular complexity index is 1190. The first-order valence-corrected chi connectivity index (χ1v) is 11.6. The molecule has 8 nitrogen and oxygen atoms in total. The molecule has 1 fully saturated rings. The van der Waals surface area contributed by atoms with Crippen LogP contribution in [0.15, 0.2) is 47.4 Å². The number of nitrogens with zero attached hydrogens (tertiary/aromatic N) is 3. The summed E-state index contributed by atoms with van der Waals surface area (Å²) in [6.45, 7) is 1.15. The molecule has 1 saturated heterocycles. The normalized spacial score (nSPS) is 17.3. The van der Waals surface area contributed by atoms with E-state index in [1.807, 2.05) is 24.3 Å². The number of carbonyl (C=O) groups excluding carboxylic acids is 1. The molecule has 0 spiro atoms. The Morgan fingerprint density at radius 2 is 2.00 bits per heavy atom. The number of aromatic amines is 1. The number of para-hydroxylation sites is 2. The molecule has 0 saturated carbocycles. The summed E-state index contributed by atoms with van der Waals surface area (Å²) in [5, 5.41) is 0. The highest BCUT2D eigenvalue weighted by atomic mass is 32.2. The summed E-state index contributed by atoms with van der Waals surface area (Å²) >= 11 is 0. The van der Waals surface area contributed by atoms with Crippen molar-refractivity contribution in [2.75, 3.05) is 34.3 Å². The first-order valence-electron chi connectivity index (χ1n) is 10.2. The average molecular weight is 443 g/mol. The highest BCUT2D eigenvalue weighted by molar-refractivity contribution is 7.89. The Kier molecular flexibility index (Phi) is 5.72. The van der Waals surface area contributed by atoms with E-state index in [0.29, 0.717) is 18.7 Å². The lowest BCUT2D eigenvalue weighted by Gasteiger charge is -2.32. The van der Waals surface area contributed by atoms with Gasteiger partial charge in [0.2, 0.25) is 10.0 Å². The van der Waals surface area contributed by atoms with E-state index in [0.717, 1.165) is 34.0 Å². The third-order valence-electron chi connectivity index (χ3n) is 5.67. The van der Waals surface area contributed by atoms with Crippen LogP contribution in [-0.2, 0) is 10.0 Å². The molecule has 31 heavy (non-hydrogen) atoms. The second-order valence-electron chi connectivity index (χ2n) is 7.88. The number of benzene rings is 2. The fourth-order valence-corrected chi connectivity index (χ4v) is 5.02. The van der Waals surface area contributed by atoms with Gasteiger partial charge in [-0.05, 0) is 43.2 Å². The number of piperidine rings is 1. The number of fused-ring (bicyclic) bond motifs is 1. The van der Waals surface area contributed by atoms with Crippen molar-refractivity contribution < 1.29 is 17.9 Å². The van der Waals surface area contributed by atoms with Gasteiger partial charge in [-0.1, -0.05) is 12.1 Å². The van der Waals surface area contributed by atoms with Crippen molar-refractivity contribution in [2.45, 2.75) is 23.7 Å². The average Bonchev–Trinajstić information content (AvgIpc) is 3.22. The summed E-state index contributed by atoms with van der Waals surface area (Å²) in [6, 6.07) is 12.4. The fourth-order valence-electron chi connectivity index (χ4n) is 3.94. The molecule has 3 aromatic rings. The van der Waals surface area contributed by atoms with E-state index >= 15 is 0 Å². The first-order chi connectivity index (χ1) is 14.8.